The number of anilines is 2. The predicted molar refractivity (Wildman–Crippen MR) is 172 cm³/mol. The van der Waals surface area contributed by atoms with Crippen molar-refractivity contribution in [1.29, 1.82) is 0 Å². The number of esters is 1. The molecule has 240 valence electrons. The van der Waals surface area contributed by atoms with Crippen LogP contribution in [0.5, 0.6) is 0 Å². The van der Waals surface area contributed by atoms with Gasteiger partial charge in [-0.05, 0) is 53.4 Å². The lowest BCUT2D eigenvalue weighted by Crippen LogP contribution is -2.46. The second kappa shape index (κ2) is 15.3. The van der Waals surface area contributed by atoms with Gasteiger partial charge in [-0.1, -0.05) is 78.9 Å². The zero-order valence-corrected chi connectivity index (χ0v) is 25.3. The molecule has 0 saturated heterocycles. The average molecular weight is 636 g/mol. The standard InChI is InChI=1S/C36H33N3O8/c40-32(27-16-17-31-26(20-27)18-19-39(31)36(45)47-23-25-12-6-2-7-13-25)38-30(35(44)46-22-24-10-4-1-5-11-24)21-29(34(42)43)33(41)37-28-14-8-3-9-15-28/h1-17,20,29-30H,18-19,21-23H2,(H,37,41)(H,38,40)(H,42,43)/t29?,30-/m0/s1. The Morgan fingerprint density at radius 3 is 1.98 bits per heavy atom. The van der Waals surface area contributed by atoms with E-state index in [0.717, 1.165) is 11.1 Å². The minimum Gasteiger partial charge on any atom is -0.481 e. The monoisotopic (exact) mass is 635 g/mol. The van der Waals surface area contributed by atoms with Crippen molar-refractivity contribution in [3.05, 3.63) is 131 Å². The van der Waals surface area contributed by atoms with Gasteiger partial charge in [-0.3, -0.25) is 19.3 Å². The van der Waals surface area contributed by atoms with Crippen molar-refractivity contribution in [2.75, 3.05) is 16.8 Å². The third-order valence-electron chi connectivity index (χ3n) is 7.60. The van der Waals surface area contributed by atoms with E-state index in [1.54, 1.807) is 72.8 Å². The summed E-state index contributed by atoms with van der Waals surface area (Å²) in [5.74, 6) is -5.57. The van der Waals surface area contributed by atoms with Crippen LogP contribution in [0.4, 0.5) is 16.2 Å². The number of rotatable bonds is 12. The Balaban J connectivity index is 1.29. The van der Waals surface area contributed by atoms with Gasteiger partial charge in [0.25, 0.3) is 5.91 Å². The smallest absolute Gasteiger partial charge is 0.414 e. The maximum absolute atomic E-state index is 13.4. The lowest BCUT2D eigenvalue weighted by molar-refractivity contribution is -0.150. The Morgan fingerprint density at radius 1 is 0.766 bits per heavy atom. The molecule has 0 aliphatic carbocycles. The average Bonchev–Trinajstić information content (AvgIpc) is 3.52. The zero-order valence-electron chi connectivity index (χ0n) is 25.3. The minimum absolute atomic E-state index is 0.116. The normalized spacial score (nSPS) is 13.1. The van der Waals surface area contributed by atoms with Crippen molar-refractivity contribution in [2.45, 2.75) is 32.1 Å². The zero-order chi connectivity index (χ0) is 33.2. The summed E-state index contributed by atoms with van der Waals surface area (Å²) < 4.78 is 10.9. The highest BCUT2D eigenvalue weighted by atomic mass is 16.6. The van der Waals surface area contributed by atoms with Crippen LogP contribution in [0.1, 0.15) is 33.5 Å². The van der Waals surface area contributed by atoms with E-state index < -0.39 is 48.2 Å². The van der Waals surface area contributed by atoms with Gasteiger partial charge in [0.05, 0.1) is 5.69 Å². The Kier molecular flexibility index (Phi) is 10.6. The van der Waals surface area contributed by atoms with Crippen LogP contribution in [-0.2, 0) is 43.5 Å². The van der Waals surface area contributed by atoms with Crippen molar-refractivity contribution in [1.82, 2.24) is 5.32 Å². The quantitative estimate of drug-likeness (QED) is 0.146. The molecule has 3 amide bonds. The van der Waals surface area contributed by atoms with Gasteiger partial charge in [-0.2, -0.15) is 0 Å². The number of fused-ring (bicyclic) bond motifs is 1. The van der Waals surface area contributed by atoms with E-state index in [9.17, 15) is 29.1 Å². The molecule has 0 radical (unpaired) electrons. The molecule has 11 heteroatoms. The van der Waals surface area contributed by atoms with E-state index in [0.29, 0.717) is 29.9 Å². The molecule has 1 aliphatic rings. The van der Waals surface area contributed by atoms with E-state index in [1.807, 2.05) is 30.3 Å². The van der Waals surface area contributed by atoms with Gasteiger partial charge in [0.2, 0.25) is 5.91 Å². The number of aliphatic carboxylic acids is 1. The first-order valence-electron chi connectivity index (χ1n) is 15.0. The highest BCUT2D eigenvalue weighted by molar-refractivity contribution is 6.05. The number of nitrogens with one attached hydrogen (secondary N) is 2. The number of carbonyl (C=O) groups excluding carboxylic acids is 4. The van der Waals surface area contributed by atoms with Gasteiger partial charge in [0.1, 0.15) is 25.2 Å². The number of nitrogens with zero attached hydrogens (tertiary/aromatic N) is 1. The first kappa shape index (κ1) is 32.4. The molecule has 1 aliphatic heterocycles. The number of benzene rings is 4. The molecule has 11 nitrogen and oxygen atoms in total. The van der Waals surface area contributed by atoms with E-state index in [-0.39, 0.29) is 18.8 Å². The number of carboxylic acid groups (broad SMARTS) is 1. The first-order valence-corrected chi connectivity index (χ1v) is 15.0. The van der Waals surface area contributed by atoms with Gasteiger partial charge in [-0.15, -0.1) is 0 Å². The van der Waals surface area contributed by atoms with Crippen LogP contribution in [0.25, 0.3) is 0 Å². The van der Waals surface area contributed by atoms with Gasteiger partial charge in [0.15, 0.2) is 0 Å². The largest absolute Gasteiger partial charge is 0.481 e. The van der Waals surface area contributed by atoms with Crippen molar-refractivity contribution in [3.63, 3.8) is 0 Å². The first-order chi connectivity index (χ1) is 22.8. The third-order valence-corrected chi connectivity index (χ3v) is 7.60. The number of ether oxygens (including phenoxy) is 2. The lowest BCUT2D eigenvalue weighted by Gasteiger charge is -2.21. The molecule has 4 aromatic rings. The maximum atomic E-state index is 13.4. The summed E-state index contributed by atoms with van der Waals surface area (Å²) in [6.45, 7) is 0.364. The minimum atomic E-state index is -1.68. The van der Waals surface area contributed by atoms with Crippen LogP contribution in [0.15, 0.2) is 109 Å². The molecule has 1 unspecified atom stereocenters. The molecule has 5 rings (SSSR count). The molecule has 2 atom stereocenters. The van der Waals surface area contributed by atoms with Crippen molar-refractivity contribution >= 4 is 41.2 Å². The topological polar surface area (TPSA) is 151 Å². The number of para-hydroxylation sites is 1. The molecule has 0 saturated carbocycles. The third kappa shape index (κ3) is 8.60. The highest BCUT2D eigenvalue weighted by Crippen LogP contribution is 2.30. The van der Waals surface area contributed by atoms with E-state index >= 15 is 0 Å². The maximum Gasteiger partial charge on any atom is 0.414 e. The van der Waals surface area contributed by atoms with Crippen molar-refractivity contribution < 1.29 is 38.6 Å². The van der Waals surface area contributed by atoms with Crippen LogP contribution >= 0.6 is 0 Å². The summed E-state index contributed by atoms with van der Waals surface area (Å²) in [5, 5.41) is 15.0. The van der Waals surface area contributed by atoms with Crippen LogP contribution in [0.3, 0.4) is 0 Å². The molecule has 4 aromatic carbocycles. The Hall–Kier alpha value is -5.97. The van der Waals surface area contributed by atoms with Gasteiger partial charge in [0, 0.05) is 24.2 Å². The second-order valence-electron chi connectivity index (χ2n) is 10.9. The number of carboxylic acids is 1. The summed E-state index contributed by atoms with van der Waals surface area (Å²) in [5.41, 5.74) is 3.43. The van der Waals surface area contributed by atoms with Crippen molar-refractivity contribution in [2.24, 2.45) is 5.92 Å². The Labute approximate surface area is 271 Å². The number of hydrogen-bond acceptors (Lipinski definition) is 7. The fourth-order valence-electron chi connectivity index (χ4n) is 5.12. The molecule has 0 fully saturated rings. The summed E-state index contributed by atoms with van der Waals surface area (Å²) in [6.07, 6.45) is -0.598. The Morgan fingerprint density at radius 2 is 1.36 bits per heavy atom. The van der Waals surface area contributed by atoms with Crippen LogP contribution < -0.4 is 15.5 Å². The molecule has 0 spiro atoms. The number of amides is 3. The van der Waals surface area contributed by atoms with Crippen LogP contribution in [0.2, 0.25) is 0 Å². The van der Waals surface area contributed by atoms with Crippen LogP contribution in [-0.4, -0.2) is 47.5 Å². The van der Waals surface area contributed by atoms with Gasteiger partial charge < -0.3 is 25.2 Å². The molecule has 0 bridgehead atoms. The number of carbonyl (C=O) groups is 5. The van der Waals surface area contributed by atoms with Crippen LogP contribution in [0, 0.1) is 5.92 Å². The SMILES string of the molecule is O=C(N[C@@H](CC(C(=O)O)C(=O)Nc1ccccc1)C(=O)OCc1ccccc1)c1ccc2c(c1)CCN2C(=O)OCc1ccccc1. The van der Waals surface area contributed by atoms with Gasteiger partial charge in [-0.25, -0.2) is 9.59 Å². The summed E-state index contributed by atoms with van der Waals surface area (Å²) >= 11 is 0. The second-order valence-corrected chi connectivity index (χ2v) is 10.9. The number of hydrogen-bond donors (Lipinski definition) is 3. The van der Waals surface area contributed by atoms with Gasteiger partial charge >= 0.3 is 18.0 Å². The summed E-state index contributed by atoms with van der Waals surface area (Å²) in [7, 11) is 0. The molecular weight excluding hydrogens is 602 g/mol. The highest BCUT2D eigenvalue weighted by Gasteiger charge is 2.35. The molecule has 47 heavy (non-hydrogen) atoms. The fourth-order valence-corrected chi connectivity index (χ4v) is 5.12. The fraction of sp³-hybridized carbons (Fsp3) is 0.194. The molecule has 3 N–H and O–H groups in total. The lowest BCUT2D eigenvalue weighted by atomic mass is 9.98. The summed E-state index contributed by atoms with van der Waals surface area (Å²) in [4.78, 5) is 66.2. The van der Waals surface area contributed by atoms with E-state index in [1.165, 1.54) is 11.0 Å². The van der Waals surface area contributed by atoms with E-state index in [2.05, 4.69) is 10.6 Å². The Bertz CT molecular complexity index is 1730. The van der Waals surface area contributed by atoms with Crippen molar-refractivity contribution in [3.8, 4) is 0 Å². The molecule has 1 heterocycles. The van der Waals surface area contributed by atoms with E-state index in [4.69, 9.17) is 9.47 Å². The predicted octanol–water partition coefficient (Wildman–Crippen LogP) is 4.96. The summed E-state index contributed by atoms with van der Waals surface area (Å²) in [6, 6.07) is 29.7. The molecular formula is C36H33N3O8. The molecule has 0 aromatic heterocycles.